The van der Waals surface area contributed by atoms with Crippen molar-refractivity contribution in [1.82, 2.24) is 5.32 Å². The van der Waals surface area contributed by atoms with Crippen LogP contribution in [0.5, 0.6) is 5.75 Å². The summed E-state index contributed by atoms with van der Waals surface area (Å²) < 4.78 is 35.6. The number of hydrogen-bond donors (Lipinski definition) is 1. The van der Waals surface area contributed by atoms with Crippen LogP contribution in [0.2, 0.25) is 0 Å². The average Bonchev–Trinajstić information content (AvgIpc) is 2.76. The molecule has 6 nitrogen and oxygen atoms in total. The molecule has 0 bridgehead atoms. The van der Waals surface area contributed by atoms with E-state index in [1.807, 2.05) is 56.3 Å². The fourth-order valence-corrected chi connectivity index (χ4v) is 5.52. The molecule has 0 radical (unpaired) electrons. The molecule has 0 fully saturated rings. The van der Waals surface area contributed by atoms with Crippen molar-refractivity contribution in [2.75, 3.05) is 24.0 Å². The van der Waals surface area contributed by atoms with Gasteiger partial charge in [-0.25, -0.2) is 8.42 Å². The first-order chi connectivity index (χ1) is 16.1. The molecule has 3 aromatic rings. The van der Waals surface area contributed by atoms with Gasteiger partial charge in [-0.3, -0.25) is 9.10 Å². The van der Waals surface area contributed by atoms with Crippen LogP contribution in [0.3, 0.4) is 0 Å². The van der Waals surface area contributed by atoms with Gasteiger partial charge in [-0.05, 0) is 79.6 Å². The molecule has 3 aromatic carbocycles. The van der Waals surface area contributed by atoms with Crippen molar-refractivity contribution in [2.24, 2.45) is 0 Å². The van der Waals surface area contributed by atoms with Gasteiger partial charge in [-0.2, -0.15) is 0 Å². The molecule has 3 rings (SSSR count). The predicted octanol–water partition coefficient (Wildman–Crippen LogP) is 5.61. The number of amides is 1. The zero-order valence-electron chi connectivity index (χ0n) is 18.9. The summed E-state index contributed by atoms with van der Waals surface area (Å²) in [5.74, 6) is 0.448. The Morgan fingerprint density at radius 3 is 2.26 bits per heavy atom. The van der Waals surface area contributed by atoms with Crippen molar-refractivity contribution < 1.29 is 17.9 Å². The third-order valence-electron chi connectivity index (χ3n) is 4.93. The monoisotopic (exact) mass is 608 g/mol. The summed E-state index contributed by atoms with van der Waals surface area (Å²) in [5.41, 5.74) is 2.42. The molecule has 0 heterocycles. The lowest BCUT2D eigenvalue weighted by Gasteiger charge is -2.25. The van der Waals surface area contributed by atoms with Crippen molar-refractivity contribution in [3.05, 3.63) is 86.8 Å². The summed E-state index contributed by atoms with van der Waals surface area (Å²) >= 11 is 6.72. The topological polar surface area (TPSA) is 75.7 Å². The molecule has 0 unspecified atom stereocenters. The lowest BCUT2D eigenvalue weighted by molar-refractivity contribution is -0.120. The first-order valence-electron chi connectivity index (χ1n) is 10.7. The fourth-order valence-electron chi connectivity index (χ4n) is 3.42. The molecule has 0 atom stereocenters. The van der Waals surface area contributed by atoms with Gasteiger partial charge >= 0.3 is 0 Å². The van der Waals surface area contributed by atoms with Gasteiger partial charge in [0.1, 0.15) is 12.4 Å². The van der Waals surface area contributed by atoms with Gasteiger partial charge in [0.15, 0.2) is 0 Å². The maximum atomic E-state index is 13.5. The number of halogens is 2. The minimum absolute atomic E-state index is 0.0135. The Balaban J connectivity index is 1.68. The minimum atomic E-state index is -3.86. The summed E-state index contributed by atoms with van der Waals surface area (Å²) in [6, 6.07) is 19.5. The number of hydrogen-bond acceptors (Lipinski definition) is 4. The van der Waals surface area contributed by atoms with Gasteiger partial charge in [-0.1, -0.05) is 44.0 Å². The predicted molar refractivity (Wildman–Crippen MR) is 142 cm³/mol. The second-order valence-corrected chi connectivity index (χ2v) is 11.5. The third-order valence-corrected chi connectivity index (χ3v) is 7.79. The Morgan fingerprint density at radius 2 is 1.62 bits per heavy atom. The van der Waals surface area contributed by atoms with Gasteiger partial charge in [0.2, 0.25) is 5.91 Å². The summed E-state index contributed by atoms with van der Waals surface area (Å²) in [5, 5.41) is 2.79. The number of carbonyl (C=O) groups is 1. The number of sulfonamides is 1. The summed E-state index contributed by atoms with van der Waals surface area (Å²) in [6.45, 7) is 4.46. The van der Waals surface area contributed by atoms with E-state index in [-0.39, 0.29) is 23.8 Å². The smallest absolute Gasteiger partial charge is 0.264 e. The van der Waals surface area contributed by atoms with Gasteiger partial charge in [0.25, 0.3) is 10.0 Å². The first-order valence-corrected chi connectivity index (χ1v) is 13.7. The van der Waals surface area contributed by atoms with Gasteiger partial charge in [-0.15, -0.1) is 0 Å². The molecule has 0 aliphatic heterocycles. The van der Waals surface area contributed by atoms with E-state index in [2.05, 4.69) is 37.2 Å². The van der Waals surface area contributed by atoms with Crippen LogP contribution in [-0.4, -0.2) is 34.0 Å². The fraction of sp³-hybridized carbons (Fsp3) is 0.240. The molecule has 0 saturated carbocycles. The Labute approximate surface area is 217 Å². The third kappa shape index (κ3) is 7.32. The summed E-state index contributed by atoms with van der Waals surface area (Å²) in [4.78, 5) is 12.6. The van der Waals surface area contributed by atoms with Crippen LogP contribution < -0.4 is 14.4 Å². The average molecular weight is 610 g/mol. The first kappa shape index (κ1) is 26.2. The van der Waals surface area contributed by atoms with Crippen molar-refractivity contribution in [1.29, 1.82) is 0 Å². The minimum Gasteiger partial charge on any atom is -0.492 e. The number of benzene rings is 3. The van der Waals surface area contributed by atoms with Crippen LogP contribution in [0.1, 0.15) is 17.5 Å². The van der Waals surface area contributed by atoms with Crippen LogP contribution >= 0.6 is 31.9 Å². The largest absolute Gasteiger partial charge is 0.492 e. The number of aryl methyl sites for hydroxylation is 2. The highest BCUT2D eigenvalue weighted by molar-refractivity contribution is 9.10. The lowest BCUT2D eigenvalue weighted by Crippen LogP contribution is -2.36. The molecule has 0 aromatic heterocycles. The normalized spacial score (nSPS) is 11.2. The SMILES string of the molecule is Cc1cc(C)cc(N(CCC(=O)NCCOc2cccc(Br)c2)S(=O)(=O)c2ccc(Br)cc2)c1. The zero-order chi connectivity index (χ0) is 24.7. The highest BCUT2D eigenvalue weighted by atomic mass is 79.9. The van der Waals surface area contributed by atoms with Crippen LogP contribution in [0, 0.1) is 13.8 Å². The van der Waals surface area contributed by atoms with E-state index < -0.39 is 10.0 Å². The van der Waals surface area contributed by atoms with E-state index in [0.29, 0.717) is 24.6 Å². The van der Waals surface area contributed by atoms with Crippen LogP contribution in [-0.2, 0) is 14.8 Å². The van der Waals surface area contributed by atoms with E-state index in [1.54, 1.807) is 24.3 Å². The number of rotatable bonds is 10. The van der Waals surface area contributed by atoms with Gasteiger partial charge in [0, 0.05) is 21.9 Å². The van der Waals surface area contributed by atoms with Crippen LogP contribution in [0.15, 0.2) is 80.6 Å². The standard InChI is InChI=1S/C25H26Br2N2O4S/c1-18-14-19(2)16-22(15-18)29(34(31,32)24-8-6-20(26)7-9-24)12-10-25(30)28-11-13-33-23-5-3-4-21(27)17-23/h3-9,14-17H,10-13H2,1-2H3,(H,28,30). The van der Waals surface area contributed by atoms with Crippen molar-refractivity contribution in [3.8, 4) is 5.75 Å². The molecular weight excluding hydrogens is 584 g/mol. The Morgan fingerprint density at radius 1 is 0.941 bits per heavy atom. The van der Waals surface area contributed by atoms with Gasteiger partial charge < -0.3 is 10.1 Å². The quantitative estimate of drug-likeness (QED) is 0.303. The number of nitrogens with one attached hydrogen (secondary N) is 1. The Hall–Kier alpha value is -2.36. The van der Waals surface area contributed by atoms with E-state index in [9.17, 15) is 13.2 Å². The number of carbonyl (C=O) groups excluding carboxylic acids is 1. The van der Waals surface area contributed by atoms with Gasteiger partial charge in [0.05, 0.1) is 17.1 Å². The highest BCUT2D eigenvalue weighted by Crippen LogP contribution is 2.27. The summed E-state index contributed by atoms with van der Waals surface area (Å²) in [6.07, 6.45) is 0.0135. The second kappa shape index (κ2) is 11.9. The van der Waals surface area contributed by atoms with Crippen molar-refractivity contribution >= 4 is 53.5 Å². The Bertz CT molecular complexity index is 1230. The van der Waals surface area contributed by atoms with Crippen molar-refractivity contribution in [3.63, 3.8) is 0 Å². The van der Waals surface area contributed by atoms with Crippen LogP contribution in [0.25, 0.3) is 0 Å². The second-order valence-electron chi connectivity index (χ2n) is 7.78. The zero-order valence-corrected chi connectivity index (χ0v) is 22.9. The van der Waals surface area contributed by atoms with Crippen LogP contribution in [0.4, 0.5) is 5.69 Å². The van der Waals surface area contributed by atoms with E-state index in [4.69, 9.17) is 4.74 Å². The van der Waals surface area contributed by atoms with Crippen molar-refractivity contribution in [2.45, 2.75) is 25.2 Å². The molecule has 180 valence electrons. The number of anilines is 1. The molecule has 1 N–H and O–H groups in total. The Kier molecular flexibility index (Phi) is 9.16. The number of nitrogens with zero attached hydrogens (tertiary/aromatic N) is 1. The lowest BCUT2D eigenvalue weighted by atomic mass is 10.1. The molecule has 0 saturated heterocycles. The maximum absolute atomic E-state index is 13.5. The molecule has 1 amide bonds. The molecule has 34 heavy (non-hydrogen) atoms. The number of ether oxygens (including phenoxy) is 1. The van der Waals surface area contributed by atoms with E-state index >= 15 is 0 Å². The molecular formula is C25H26Br2N2O4S. The molecule has 0 spiro atoms. The van der Waals surface area contributed by atoms with E-state index in [1.165, 1.54) is 4.31 Å². The molecule has 9 heteroatoms. The molecule has 0 aliphatic rings. The highest BCUT2D eigenvalue weighted by Gasteiger charge is 2.26. The summed E-state index contributed by atoms with van der Waals surface area (Å²) in [7, 11) is -3.86. The maximum Gasteiger partial charge on any atom is 0.264 e. The van der Waals surface area contributed by atoms with E-state index in [0.717, 1.165) is 20.1 Å². The molecule has 0 aliphatic carbocycles.